The number of rotatable bonds is 5. The molecule has 1 amide bonds. The van der Waals surface area contributed by atoms with Gasteiger partial charge in [-0.2, -0.15) is 0 Å². The molecule has 23 heavy (non-hydrogen) atoms. The normalized spacial score (nSPS) is 10.3. The second kappa shape index (κ2) is 7.86. The van der Waals surface area contributed by atoms with E-state index in [9.17, 15) is 4.79 Å². The Morgan fingerprint density at radius 1 is 1.22 bits per heavy atom. The van der Waals surface area contributed by atoms with Crippen molar-refractivity contribution in [3.05, 3.63) is 65.2 Å². The Labute approximate surface area is 137 Å². The van der Waals surface area contributed by atoms with Gasteiger partial charge in [0.25, 0.3) is 0 Å². The van der Waals surface area contributed by atoms with Gasteiger partial charge in [0.1, 0.15) is 12.4 Å². The van der Waals surface area contributed by atoms with Crippen molar-refractivity contribution in [3.63, 3.8) is 0 Å². The summed E-state index contributed by atoms with van der Waals surface area (Å²) < 4.78 is 5.42. The van der Waals surface area contributed by atoms with E-state index in [1.54, 1.807) is 6.08 Å². The lowest BCUT2D eigenvalue weighted by molar-refractivity contribution is -0.111. The molecule has 0 aromatic heterocycles. The highest BCUT2D eigenvalue weighted by atomic mass is 16.5. The summed E-state index contributed by atoms with van der Waals surface area (Å²) in [5, 5.41) is 2.86. The van der Waals surface area contributed by atoms with Crippen LogP contribution in [0.2, 0.25) is 0 Å². The molecule has 0 saturated heterocycles. The topological polar surface area (TPSA) is 38.3 Å². The van der Waals surface area contributed by atoms with Gasteiger partial charge in [-0.1, -0.05) is 30.2 Å². The summed E-state index contributed by atoms with van der Waals surface area (Å²) in [7, 11) is 0. The number of hydrogen-bond donors (Lipinski definition) is 1. The Balaban J connectivity index is 2.02. The monoisotopic (exact) mass is 305 g/mol. The van der Waals surface area contributed by atoms with E-state index in [2.05, 4.69) is 11.2 Å². The van der Waals surface area contributed by atoms with E-state index in [-0.39, 0.29) is 12.5 Å². The number of benzene rings is 2. The average molecular weight is 305 g/mol. The van der Waals surface area contributed by atoms with Crippen LogP contribution in [0.25, 0.3) is 6.08 Å². The maximum atomic E-state index is 12.0. The summed E-state index contributed by atoms with van der Waals surface area (Å²) in [6, 6.07) is 13.4. The molecule has 0 aliphatic rings. The second-order valence-electron chi connectivity index (χ2n) is 5.16. The van der Waals surface area contributed by atoms with Crippen LogP contribution in [0.5, 0.6) is 5.75 Å². The molecule has 0 unspecified atom stereocenters. The Bertz CT molecular complexity index is 769. The van der Waals surface area contributed by atoms with Crippen LogP contribution in [-0.2, 0) is 4.79 Å². The number of terminal acetylenes is 1. The molecule has 0 saturated carbocycles. The first-order valence-electron chi connectivity index (χ1n) is 7.32. The third kappa shape index (κ3) is 4.76. The third-order valence-corrected chi connectivity index (χ3v) is 3.34. The molecule has 3 nitrogen and oxygen atoms in total. The first-order chi connectivity index (χ1) is 11.1. The zero-order valence-electron chi connectivity index (χ0n) is 13.3. The Hall–Kier alpha value is -2.99. The molecule has 116 valence electrons. The van der Waals surface area contributed by atoms with Crippen LogP contribution >= 0.6 is 0 Å². The lowest BCUT2D eigenvalue weighted by Crippen LogP contribution is -2.08. The molecular formula is C20H19NO2. The van der Waals surface area contributed by atoms with Gasteiger partial charge in [-0.25, -0.2) is 0 Å². The SMILES string of the molecule is C#CCOc1ccc(/C=C/C(=O)Nc2ccccc2C)cc1C. The first-order valence-corrected chi connectivity index (χ1v) is 7.32. The molecule has 2 aromatic carbocycles. The lowest BCUT2D eigenvalue weighted by atomic mass is 10.1. The van der Waals surface area contributed by atoms with Crippen molar-refractivity contribution in [2.45, 2.75) is 13.8 Å². The maximum Gasteiger partial charge on any atom is 0.248 e. The number of amides is 1. The number of aryl methyl sites for hydroxylation is 2. The average Bonchev–Trinajstić information content (AvgIpc) is 2.54. The quantitative estimate of drug-likeness (QED) is 0.670. The first kappa shape index (κ1) is 16.4. The summed E-state index contributed by atoms with van der Waals surface area (Å²) in [4.78, 5) is 12.0. The number of nitrogens with one attached hydrogen (secondary N) is 1. The van der Waals surface area contributed by atoms with E-state index in [1.807, 2.05) is 56.3 Å². The van der Waals surface area contributed by atoms with Gasteiger partial charge in [0.2, 0.25) is 5.91 Å². The summed E-state index contributed by atoms with van der Waals surface area (Å²) in [6.07, 6.45) is 8.47. The minimum Gasteiger partial charge on any atom is -0.481 e. The predicted octanol–water partition coefficient (Wildman–Crippen LogP) is 3.97. The molecule has 0 atom stereocenters. The minimum atomic E-state index is -0.162. The Kier molecular flexibility index (Phi) is 5.60. The van der Waals surface area contributed by atoms with Crippen molar-refractivity contribution in [3.8, 4) is 18.1 Å². The molecule has 0 aliphatic carbocycles. The van der Waals surface area contributed by atoms with Crippen LogP contribution in [-0.4, -0.2) is 12.5 Å². The Morgan fingerprint density at radius 2 is 2.00 bits per heavy atom. The fourth-order valence-electron chi connectivity index (χ4n) is 2.12. The second-order valence-corrected chi connectivity index (χ2v) is 5.16. The summed E-state index contributed by atoms with van der Waals surface area (Å²) in [5.74, 6) is 3.03. The fourth-order valence-corrected chi connectivity index (χ4v) is 2.12. The molecule has 1 N–H and O–H groups in total. The minimum absolute atomic E-state index is 0.162. The van der Waals surface area contributed by atoms with Crippen molar-refractivity contribution in [2.75, 3.05) is 11.9 Å². The van der Waals surface area contributed by atoms with E-state index in [1.165, 1.54) is 6.08 Å². The smallest absolute Gasteiger partial charge is 0.248 e. The fraction of sp³-hybridized carbons (Fsp3) is 0.150. The Morgan fingerprint density at radius 3 is 2.70 bits per heavy atom. The zero-order chi connectivity index (χ0) is 16.7. The van der Waals surface area contributed by atoms with Crippen molar-refractivity contribution in [1.82, 2.24) is 0 Å². The van der Waals surface area contributed by atoms with Gasteiger partial charge in [0, 0.05) is 11.8 Å². The van der Waals surface area contributed by atoms with E-state index in [4.69, 9.17) is 11.2 Å². The summed E-state index contributed by atoms with van der Waals surface area (Å²) >= 11 is 0. The maximum absolute atomic E-state index is 12.0. The molecule has 2 aromatic rings. The third-order valence-electron chi connectivity index (χ3n) is 3.34. The van der Waals surface area contributed by atoms with E-state index in [0.29, 0.717) is 0 Å². The van der Waals surface area contributed by atoms with Gasteiger partial charge in [0.15, 0.2) is 0 Å². The molecule has 0 spiro atoms. The number of carbonyl (C=O) groups is 1. The van der Waals surface area contributed by atoms with Gasteiger partial charge >= 0.3 is 0 Å². The molecule has 0 fully saturated rings. The van der Waals surface area contributed by atoms with Crippen LogP contribution < -0.4 is 10.1 Å². The lowest BCUT2D eigenvalue weighted by Gasteiger charge is -2.07. The van der Waals surface area contributed by atoms with Crippen LogP contribution in [0, 0.1) is 26.2 Å². The van der Waals surface area contributed by atoms with Crippen LogP contribution in [0.4, 0.5) is 5.69 Å². The van der Waals surface area contributed by atoms with Crippen molar-refractivity contribution in [1.29, 1.82) is 0 Å². The van der Waals surface area contributed by atoms with Crippen molar-refractivity contribution in [2.24, 2.45) is 0 Å². The molecule has 0 bridgehead atoms. The molecule has 3 heteroatoms. The molecule has 2 rings (SSSR count). The molecule has 0 aliphatic heterocycles. The van der Waals surface area contributed by atoms with Gasteiger partial charge in [-0.15, -0.1) is 6.42 Å². The van der Waals surface area contributed by atoms with Crippen LogP contribution in [0.3, 0.4) is 0 Å². The number of anilines is 1. The highest BCUT2D eigenvalue weighted by molar-refractivity contribution is 6.02. The summed E-state index contributed by atoms with van der Waals surface area (Å²) in [6.45, 7) is 4.14. The zero-order valence-corrected chi connectivity index (χ0v) is 13.3. The highest BCUT2D eigenvalue weighted by Crippen LogP contribution is 2.20. The highest BCUT2D eigenvalue weighted by Gasteiger charge is 2.02. The summed E-state index contributed by atoms with van der Waals surface area (Å²) in [5.41, 5.74) is 3.74. The molecule has 0 heterocycles. The van der Waals surface area contributed by atoms with Crippen molar-refractivity contribution < 1.29 is 9.53 Å². The standard InChI is InChI=1S/C20H19NO2/c1-4-13-23-19-11-9-17(14-16(19)3)10-12-20(22)21-18-8-6-5-7-15(18)2/h1,5-12,14H,13H2,2-3H3,(H,21,22)/b12-10+. The van der Waals surface area contributed by atoms with Gasteiger partial charge in [-0.3, -0.25) is 4.79 Å². The van der Waals surface area contributed by atoms with Gasteiger partial charge < -0.3 is 10.1 Å². The predicted molar refractivity (Wildman–Crippen MR) is 94.3 cm³/mol. The van der Waals surface area contributed by atoms with Crippen LogP contribution in [0.1, 0.15) is 16.7 Å². The van der Waals surface area contributed by atoms with Crippen LogP contribution in [0.15, 0.2) is 48.5 Å². The number of para-hydroxylation sites is 1. The number of hydrogen-bond acceptors (Lipinski definition) is 2. The van der Waals surface area contributed by atoms with Gasteiger partial charge in [0.05, 0.1) is 0 Å². The molecule has 0 radical (unpaired) electrons. The number of carbonyl (C=O) groups excluding carboxylic acids is 1. The number of ether oxygens (including phenoxy) is 1. The van der Waals surface area contributed by atoms with E-state index < -0.39 is 0 Å². The molecular weight excluding hydrogens is 286 g/mol. The van der Waals surface area contributed by atoms with E-state index in [0.717, 1.165) is 28.1 Å². The van der Waals surface area contributed by atoms with Crippen molar-refractivity contribution >= 4 is 17.7 Å². The largest absolute Gasteiger partial charge is 0.481 e. The van der Waals surface area contributed by atoms with Gasteiger partial charge in [-0.05, 0) is 54.8 Å². The van der Waals surface area contributed by atoms with E-state index >= 15 is 0 Å².